The summed E-state index contributed by atoms with van der Waals surface area (Å²) in [7, 11) is 0. The third kappa shape index (κ3) is 3.22. The van der Waals surface area contributed by atoms with Crippen molar-refractivity contribution in [2.75, 3.05) is 13.2 Å². The van der Waals surface area contributed by atoms with Crippen LogP contribution in [0.4, 0.5) is 0 Å². The van der Waals surface area contributed by atoms with E-state index >= 15 is 0 Å². The highest BCUT2D eigenvalue weighted by atomic mass is 16.6. The summed E-state index contributed by atoms with van der Waals surface area (Å²) < 4.78 is 10.4. The fourth-order valence-corrected chi connectivity index (χ4v) is 2.04. The van der Waals surface area contributed by atoms with Gasteiger partial charge in [-0.15, -0.1) is 0 Å². The molecule has 0 aromatic heterocycles. The van der Waals surface area contributed by atoms with E-state index in [1.54, 1.807) is 0 Å². The summed E-state index contributed by atoms with van der Waals surface area (Å²) >= 11 is 0. The van der Waals surface area contributed by atoms with Crippen LogP contribution in [0.15, 0.2) is 18.2 Å². The van der Waals surface area contributed by atoms with Gasteiger partial charge in [-0.1, -0.05) is 13.0 Å². The predicted octanol–water partition coefficient (Wildman–Crippen LogP) is 2.51. The lowest BCUT2D eigenvalue weighted by Gasteiger charge is -2.07. The Kier molecular flexibility index (Phi) is 4.02. The average Bonchev–Trinajstić information content (AvgIpc) is 2.81. The van der Waals surface area contributed by atoms with Gasteiger partial charge in [0.05, 0.1) is 6.61 Å². The molecule has 0 fully saturated rings. The molecule has 1 aliphatic rings. The van der Waals surface area contributed by atoms with Gasteiger partial charge in [-0.05, 0) is 48.9 Å². The van der Waals surface area contributed by atoms with Gasteiger partial charge in [-0.2, -0.15) is 0 Å². The number of hydrogen-bond donors (Lipinski definition) is 0. The number of fused-ring (bicyclic) bond motifs is 1. The summed E-state index contributed by atoms with van der Waals surface area (Å²) in [5, 5.41) is 0. The van der Waals surface area contributed by atoms with Gasteiger partial charge < -0.3 is 9.47 Å². The summed E-state index contributed by atoms with van der Waals surface area (Å²) in [6.45, 7) is 2.43. The van der Waals surface area contributed by atoms with E-state index in [-0.39, 0.29) is 12.6 Å². The molecular weight excluding hydrogens is 216 g/mol. The van der Waals surface area contributed by atoms with E-state index in [9.17, 15) is 4.79 Å². The lowest BCUT2D eigenvalue weighted by Crippen LogP contribution is -2.15. The van der Waals surface area contributed by atoms with Crippen molar-refractivity contribution in [2.45, 2.75) is 32.6 Å². The van der Waals surface area contributed by atoms with Crippen molar-refractivity contribution >= 4 is 5.97 Å². The first-order valence-electron chi connectivity index (χ1n) is 6.20. The normalized spacial score (nSPS) is 13.2. The first-order chi connectivity index (χ1) is 8.29. The second kappa shape index (κ2) is 5.71. The molecule has 0 spiro atoms. The molecular formula is C14H18O3. The molecule has 1 aliphatic carbocycles. The Morgan fingerprint density at radius 1 is 1.29 bits per heavy atom. The maximum absolute atomic E-state index is 11.3. The van der Waals surface area contributed by atoms with Crippen LogP contribution in [-0.4, -0.2) is 19.2 Å². The van der Waals surface area contributed by atoms with Gasteiger partial charge in [0.1, 0.15) is 5.75 Å². The Bertz CT molecular complexity index is 398. The molecule has 2 rings (SSSR count). The Hall–Kier alpha value is -1.51. The molecule has 1 aromatic rings. The molecule has 3 heteroatoms. The largest absolute Gasteiger partial charge is 0.482 e. The zero-order chi connectivity index (χ0) is 12.1. The zero-order valence-corrected chi connectivity index (χ0v) is 10.2. The summed E-state index contributed by atoms with van der Waals surface area (Å²) in [5.41, 5.74) is 2.76. The first kappa shape index (κ1) is 12.0. The van der Waals surface area contributed by atoms with Gasteiger partial charge >= 0.3 is 5.97 Å². The van der Waals surface area contributed by atoms with Crippen LogP contribution in [0.25, 0.3) is 0 Å². The van der Waals surface area contributed by atoms with Crippen molar-refractivity contribution in [3.05, 3.63) is 29.3 Å². The van der Waals surface area contributed by atoms with Gasteiger partial charge in [-0.3, -0.25) is 0 Å². The minimum atomic E-state index is -0.299. The van der Waals surface area contributed by atoms with Crippen molar-refractivity contribution in [1.82, 2.24) is 0 Å². The van der Waals surface area contributed by atoms with Crippen LogP contribution in [0.1, 0.15) is 30.9 Å². The molecule has 0 radical (unpaired) electrons. The van der Waals surface area contributed by atoms with Gasteiger partial charge in [0, 0.05) is 0 Å². The van der Waals surface area contributed by atoms with Crippen LogP contribution in [-0.2, 0) is 22.4 Å². The maximum Gasteiger partial charge on any atom is 0.344 e. The van der Waals surface area contributed by atoms with Crippen molar-refractivity contribution in [1.29, 1.82) is 0 Å². The molecule has 0 aliphatic heterocycles. The minimum Gasteiger partial charge on any atom is -0.482 e. The van der Waals surface area contributed by atoms with Crippen LogP contribution in [0.3, 0.4) is 0 Å². The quantitative estimate of drug-likeness (QED) is 0.734. The fraction of sp³-hybridized carbons (Fsp3) is 0.500. The van der Waals surface area contributed by atoms with E-state index in [0.717, 1.165) is 25.0 Å². The molecule has 17 heavy (non-hydrogen) atoms. The summed E-state index contributed by atoms with van der Waals surface area (Å²) in [4.78, 5) is 11.3. The molecule has 0 bridgehead atoms. The van der Waals surface area contributed by atoms with Gasteiger partial charge in [0.25, 0.3) is 0 Å². The SMILES string of the molecule is CCCOC(=O)COc1ccc2c(c1)CCC2. The van der Waals surface area contributed by atoms with Crippen molar-refractivity contribution < 1.29 is 14.3 Å². The molecule has 92 valence electrons. The highest BCUT2D eigenvalue weighted by molar-refractivity contribution is 5.71. The highest BCUT2D eigenvalue weighted by Crippen LogP contribution is 2.25. The van der Waals surface area contributed by atoms with E-state index in [1.165, 1.54) is 17.5 Å². The van der Waals surface area contributed by atoms with E-state index in [2.05, 4.69) is 6.07 Å². The number of hydrogen-bond acceptors (Lipinski definition) is 3. The van der Waals surface area contributed by atoms with Crippen LogP contribution >= 0.6 is 0 Å². The van der Waals surface area contributed by atoms with Crippen molar-refractivity contribution in [3.8, 4) is 5.75 Å². The number of esters is 1. The Morgan fingerprint density at radius 3 is 2.94 bits per heavy atom. The Balaban J connectivity index is 1.85. The van der Waals surface area contributed by atoms with Crippen LogP contribution in [0.5, 0.6) is 5.75 Å². The minimum absolute atomic E-state index is 0.00120. The Labute approximate surface area is 102 Å². The van der Waals surface area contributed by atoms with Crippen LogP contribution < -0.4 is 4.74 Å². The van der Waals surface area contributed by atoms with Gasteiger partial charge in [0.2, 0.25) is 0 Å². The Morgan fingerprint density at radius 2 is 2.12 bits per heavy atom. The number of rotatable bonds is 5. The molecule has 0 heterocycles. The molecule has 0 amide bonds. The number of aryl methyl sites for hydroxylation is 2. The van der Waals surface area contributed by atoms with Gasteiger partial charge in [-0.25, -0.2) is 4.79 Å². The molecule has 0 atom stereocenters. The van der Waals surface area contributed by atoms with Crippen molar-refractivity contribution in [3.63, 3.8) is 0 Å². The van der Waals surface area contributed by atoms with E-state index in [1.807, 2.05) is 19.1 Å². The molecule has 3 nitrogen and oxygen atoms in total. The number of carbonyl (C=O) groups is 1. The fourth-order valence-electron chi connectivity index (χ4n) is 2.04. The third-order valence-electron chi connectivity index (χ3n) is 2.89. The van der Waals surface area contributed by atoms with Crippen LogP contribution in [0, 0.1) is 0 Å². The van der Waals surface area contributed by atoms with Crippen LogP contribution in [0.2, 0.25) is 0 Å². The average molecular weight is 234 g/mol. The van der Waals surface area contributed by atoms with Gasteiger partial charge in [0.15, 0.2) is 6.61 Å². The molecule has 1 aromatic carbocycles. The third-order valence-corrected chi connectivity index (χ3v) is 2.89. The lowest BCUT2D eigenvalue weighted by atomic mass is 10.1. The number of ether oxygens (including phenoxy) is 2. The molecule has 0 saturated carbocycles. The van der Waals surface area contributed by atoms with E-state index in [0.29, 0.717) is 6.61 Å². The number of carbonyl (C=O) groups excluding carboxylic acids is 1. The first-order valence-corrected chi connectivity index (χ1v) is 6.20. The summed E-state index contributed by atoms with van der Waals surface area (Å²) in [5.74, 6) is 0.464. The predicted molar refractivity (Wildman–Crippen MR) is 65.2 cm³/mol. The van der Waals surface area contributed by atoms with E-state index in [4.69, 9.17) is 9.47 Å². The second-order valence-corrected chi connectivity index (χ2v) is 4.29. The second-order valence-electron chi connectivity index (χ2n) is 4.29. The smallest absolute Gasteiger partial charge is 0.344 e. The summed E-state index contributed by atoms with van der Waals surface area (Å²) in [6.07, 6.45) is 4.34. The monoisotopic (exact) mass is 234 g/mol. The maximum atomic E-state index is 11.3. The molecule has 0 N–H and O–H groups in total. The zero-order valence-electron chi connectivity index (χ0n) is 10.2. The lowest BCUT2D eigenvalue weighted by molar-refractivity contribution is -0.146. The molecule has 0 unspecified atom stereocenters. The highest BCUT2D eigenvalue weighted by Gasteiger charge is 2.11. The van der Waals surface area contributed by atoms with E-state index < -0.39 is 0 Å². The topological polar surface area (TPSA) is 35.5 Å². The summed E-state index contributed by atoms with van der Waals surface area (Å²) in [6, 6.07) is 6.06. The number of benzene rings is 1. The molecule has 0 saturated heterocycles. The standard InChI is InChI=1S/C14H18O3/c1-2-8-16-14(15)10-17-13-7-6-11-4-3-5-12(11)9-13/h6-7,9H,2-5,8,10H2,1H3. The van der Waals surface area contributed by atoms with Crippen molar-refractivity contribution in [2.24, 2.45) is 0 Å².